The van der Waals surface area contributed by atoms with Gasteiger partial charge in [0.15, 0.2) is 0 Å². The van der Waals surface area contributed by atoms with Crippen molar-refractivity contribution >= 4 is 11.6 Å². The van der Waals surface area contributed by atoms with Crippen molar-refractivity contribution in [3.05, 3.63) is 75.3 Å². The number of carbonyl (C=O) groups excluding carboxylic acids is 1. The summed E-state index contributed by atoms with van der Waals surface area (Å²) in [6, 6.07) is 7.76. The van der Waals surface area contributed by atoms with Crippen LogP contribution in [0.3, 0.4) is 0 Å². The SMILES string of the molecule is CC(O)(CNC(=O)c1cccc([N+](=O)[O-])c1)c1ccc(F)cc1F. The fourth-order valence-corrected chi connectivity index (χ4v) is 2.14. The quantitative estimate of drug-likeness (QED) is 0.648. The van der Waals surface area contributed by atoms with Gasteiger partial charge < -0.3 is 10.4 Å². The van der Waals surface area contributed by atoms with E-state index >= 15 is 0 Å². The number of nitrogens with zero attached hydrogens (tertiary/aromatic N) is 1. The van der Waals surface area contributed by atoms with Crippen LogP contribution in [0.1, 0.15) is 22.8 Å². The predicted molar refractivity (Wildman–Crippen MR) is 81.4 cm³/mol. The van der Waals surface area contributed by atoms with E-state index in [9.17, 15) is 28.8 Å². The maximum absolute atomic E-state index is 13.7. The Balaban J connectivity index is 2.12. The number of amides is 1. The molecule has 2 aromatic rings. The molecule has 0 aliphatic heterocycles. The average Bonchev–Trinajstić information content (AvgIpc) is 2.52. The topological polar surface area (TPSA) is 92.5 Å². The number of non-ortho nitro benzene ring substituents is 1. The van der Waals surface area contributed by atoms with Gasteiger partial charge in [-0.15, -0.1) is 0 Å². The van der Waals surface area contributed by atoms with E-state index in [4.69, 9.17) is 0 Å². The molecule has 1 unspecified atom stereocenters. The summed E-state index contributed by atoms with van der Waals surface area (Å²) in [5.74, 6) is -2.39. The summed E-state index contributed by atoms with van der Waals surface area (Å²) in [4.78, 5) is 22.1. The van der Waals surface area contributed by atoms with Gasteiger partial charge in [0.05, 0.1) is 11.5 Å². The summed E-state index contributed by atoms with van der Waals surface area (Å²) in [7, 11) is 0. The summed E-state index contributed by atoms with van der Waals surface area (Å²) in [5.41, 5.74) is -2.18. The van der Waals surface area contributed by atoms with Gasteiger partial charge in [0.2, 0.25) is 0 Å². The van der Waals surface area contributed by atoms with E-state index in [1.807, 2.05) is 0 Å². The van der Waals surface area contributed by atoms with E-state index in [1.165, 1.54) is 25.1 Å². The zero-order valence-corrected chi connectivity index (χ0v) is 12.6. The predicted octanol–water partition coefficient (Wildman–Crippen LogP) is 2.51. The lowest BCUT2D eigenvalue weighted by atomic mass is 9.95. The van der Waals surface area contributed by atoms with Crippen molar-refractivity contribution in [2.45, 2.75) is 12.5 Å². The van der Waals surface area contributed by atoms with Gasteiger partial charge in [0, 0.05) is 29.3 Å². The number of hydrogen-bond acceptors (Lipinski definition) is 4. The summed E-state index contributed by atoms with van der Waals surface area (Å²) < 4.78 is 26.7. The average molecular weight is 336 g/mol. The molecule has 6 nitrogen and oxygen atoms in total. The van der Waals surface area contributed by atoms with E-state index in [2.05, 4.69) is 5.32 Å². The fraction of sp³-hybridized carbons (Fsp3) is 0.188. The molecule has 0 aliphatic rings. The molecule has 0 heterocycles. The van der Waals surface area contributed by atoms with Crippen molar-refractivity contribution in [2.75, 3.05) is 6.54 Å². The van der Waals surface area contributed by atoms with Crippen LogP contribution in [0.15, 0.2) is 42.5 Å². The first-order valence-electron chi connectivity index (χ1n) is 6.91. The van der Waals surface area contributed by atoms with Gasteiger partial charge in [-0.3, -0.25) is 14.9 Å². The minimum absolute atomic E-state index is 0.0274. The Kier molecular flexibility index (Phi) is 4.89. The molecule has 8 heteroatoms. The normalized spacial score (nSPS) is 13.2. The number of nitrogens with one attached hydrogen (secondary N) is 1. The van der Waals surface area contributed by atoms with Crippen LogP contribution >= 0.6 is 0 Å². The number of rotatable bonds is 5. The highest BCUT2D eigenvalue weighted by molar-refractivity contribution is 5.94. The highest BCUT2D eigenvalue weighted by Crippen LogP contribution is 2.23. The van der Waals surface area contributed by atoms with E-state index in [-0.39, 0.29) is 23.4 Å². The van der Waals surface area contributed by atoms with E-state index in [0.29, 0.717) is 6.07 Å². The van der Waals surface area contributed by atoms with Crippen LogP contribution in [0.5, 0.6) is 0 Å². The van der Waals surface area contributed by atoms with Crippen molar-refractivity contribution in [2.24, 2.45) is 0 Å². The van der Waals surface area contributed by atoms with Crippen molar-refractivity contribution in [3.63, 3.8) is 0 Å². The molecule has 2 N–H and O–H groups in total. The zero-order chi connectivity index (χ0) is 17.9. The number of nitro groups is 1. The maximum atomic E-state index is 13.7. The van der Waals surface area contributed by atoms with Gasteiger partial charge >= 0.3 is 0 Å². The Morgan fingerprint density at radius 2 is 2.00 bits per heavy atom. The number of nitro benzene ring substituents is 1. The third kappa shape index (κ3) is 3.90. The molecule has 24 heavy (non-hydrogen) atoms. The summed E-state index contributed by atoms with van der Waals surface area (Å²) in [5, 5.41) is 23.4. The molecule has 0 aromatic heterocycles. The second-order valence-corrected chi connectivity index (χ2v) is 5.39. The number of aliphatic hydroxyl groups is 1. The van der Waals surface area contributed by atoms with E-state index < -0.39 is 28.1 Å². The molecule has 0 saturated carbocycles. The Hall–Kier alpha value is -2.87. The molecular weight excluding hydrogens is 322 g/mol. The molecule has 0 aliphatic carbocycles. The van der Waals surface area contributed by atoms with Gasteiger partial charge in [0.1, 0.15) is 17.2 Å². The molecule has 0 radical (unpaired) electrons. The Morgan fingerprint density at radius 1 is 1.29 bits per heavy atom. The molecule has 2 aromatic carbocycles. The number of halogens is 2. The van der Waals surface area contributed by atoms with Gasteiger partial charge in [-0.2, -0.15) is 0 Å². The molecule has 1 atom stereocenters. The lowest BCUT2D eigenvalue weighted by Crippen LogP contribution is -2.39. The molecule has 2 rings (SSSR count). The number of hydrogen-bond donors (Lipinski definition) is 2. The summed E-state index contributed by atoms with van der Waals surface area (Å²) in [6.45, 7) is 0.897. The first kappa shape index (κ1) is 17.5. The highest BCUT2D eigenvalue weighted by Gasteiger charge is 2.27. The van der Waals surface area contributed by atoms with Crippen LogP contribution in [0.25, 0.3) is 0 Å². The van der Waals surface area contributed by atoms with Crippen LogP contribution in [0.2, 0.25) is 0 Å². The summed E-state index contributed by atoms with van der Waals surface area (Å²) in [6.07, 6.45) is 0. The van der Waals surface area contributed by atoms with Crippen LogP contribution in [0, 0.1) is 21.7 Å². The summed E-state index contributed by atoms with van der Waals surface area (Å²) >= 11 is 0. The fourth-order valence-electron chi connectivity index (χ4n) is 2.14. The lowest BCUT2D eigenvalue weighted by molar-refractivity contribution is -0.384. The first-order chi connectivity index (χ1) is 11.2. The van der Waals surface area contributed by atoms with Crippen molar-refractivity contribution in [3.8, 4) is 0 Å². The second kappa shape index (κ2) is 6.71. The third-order valence-corrected chi connectivity index (χ3v) is 3.42. The zero-order valence-electron chi connectivity index (χ0n) is 12.6. The Bertz CT molecular complexity index is 793. The molecule has 0 spiro atoms. The van der Waals surface area contributed by atoms with Gasteiger partial charge in [-0.25, -0.2) is 8.78 Å². The van der Waals surface area contributed by atoms with Crippen molar-refractivity contribution in [1.82, 2.24) is 5.32 Å². The van der Waals surface area contributed by atoms with Crippen molar-refractivity contribution in [1.29, 1.82) is 0 Å². The van der Waals surface area contributed by atoms with Crippen LogP contribution in [-0.2, 0) is 5.60 Å². The first-order valence-corrected chi connectivity index (χ1v) is 6.91. The smallest absolute Gasteiger partial charge is 0.270 e. The third-order valence-electron chi connectivity index (χ3n) is 3.42. The molecular formula is C16H14F2N2O4. The minimum Gasteiger partial charge on any atom is -0.383 e. The van der Waals surface area contributed by atoms with E-state index in [0.717, 1.165) is 18.2 Å². The van der Waals surface area contributed by atoms with E-state index in [1.54, 1.807) is 0 Å². The Labute approximate surface area is 135 Å². The van der Waals surface area contributed by atoms with Crippen molar-refractivity contribution < 1.29 is 23.6 Å². The van der Waals surface area contributed by atoms with Gasteiger partial charge in [0.25, 0.3) is 11.6 Å². The highest BCUT2D eigenvalue weighted by atomic mass is 19.1. The Morgan fingerprint density at radius 3 is 2.62 bits per heavy atom. The molecule has 1 amide bonds. The number of benzene rings is 2. The molecule has 0 bridgehead atoms. The molecule has 126 valence electrons. The molecule has 0 fully saturated rings. The minimum atomic E-state index is -1.78. The van der Waals surface area contributed by atoms with Crippen LogP contribution < -0.4 is 5.32 Å². The largest absolute Gasteiger partial charge is 0.383 e. The van der Waals surface area contributed by atoms with Gasteiger partial charge in [-0.1, -0.05) is 12.1 Å². The van der Waals surface area contributed by atoms with Gasteiger partial charge in [-0.05, 0) is 19.1 Å². The standard InChI is InChI=1S/C16H14F2N2O4/c1-16(22,13-6-5-11(17)8-14(13)18)9-19-15(21)10-3-2-4-12(7-10)20(23)24/h2-8,22H,9H2,1H3,(H,19,21). The van der Waals surface area contributed by atoms with Crippen LogP contribution in [-0.4, -0.2) is 22.5 Å². The monoisotopic (exact) mass is 336 g/mol. The lowest BCUT2D eigenvalue weighted by Gasteiger charge is -2.24. The number of carbonyl (C=O) groups is 1. The van der Waals surface area contributed by atoms with Crippen LogP contribution in [0.4, 0.5) is 14.5 Å². The second-order valence-electron chi connectivity index (χ2n) is 5.39. The maximum Gasteiger partial charge on any atom is 0.270 e. The molecule has 0 saturated heterocycles.